The van der Waals surface area contributed by atoms with E-state index >= 15 is 0 Å². The molecule has 0 aliphatic heterocycles. The Hall–Kier alpha value is -1.57. The average Bonchev–Trinajstić information content (AvgIpc) is 2.72. The fourth-order valence-corrected chi connectivity index (χ4v) is 1.62. The molecule has 0 aliphatic carbocycles. The molecular formula is C12H14N2. The maximum Gasteiger partial charge on any atom is 0.0923 e. The molecule has 0 bridgehead atoms. The van der Waals surface area contributed by atoms with Gasteiger partial charge in [0.05, 0.1) is 12.0 Å². The lowest BCUT2D eigenvalue weighted by molar-refractivity contribution is 0.745. The van der Waals surface area contributed by atoms with Gasteiger partial charge in [-0.1, -0.05) is 37.3 Å². The minimum atomic E-state index is 0.527. The number of hydrogen-bond acceptors (Lipinski definition) is 1. The van der Waals surface area contributed by atoms with Gasteiger partial charge >= 0.3 is 0 Å². The highest BCUT2D eigenvalue weighted by Gasteiger charge is 2.06. The highest BCUT2D eigenvalue weighted by atomic mass is 14.9. The number of nitrogens with zero attached hydrogens (tertiary/aromatic N) is 1. The Morgan fingerprint density at radius 1 is 1.29 bits per heavy atom. The minimum absolute atomic E-state index is 0.527. The largest absolute Gasteiger partial charge is 0.351 e. The first-order valence-electron chi connectivity index (χ1n) is 4.89. The Kier molecular flexibility index (Phi) is 2.63. The van der Waals surface area contributed by atoms with Crippen LogP contribution in [-0.2, 0) is 6.42 Å². The van der Waals surface area contributed by atoms with E-state index in [1.807, 2.05) is 12.3 Å². The van der Waals surface area contributed by atoms with Crippen molar-refractivity contribution >= 4 is 0 Å². The van der Waals surface area contributed by atoms with E-state index in [0.717, 1.165) is 12.1 Å². The van der Waals surface area contributed by atoms with Crippen LogP contribution in [0.3, 0.4) is 0 Å². The first-order chi connectivity index (χ1) is 6.86. The molecule has 1 aromatic carbocycles. The number of nitrogens with one attached hydrogen (secondary N) is 1. The summed E-state index contributed by atoms with van der Waals surface area (Å²) < 4.78 is 0. The van der Waals surface area contributed by atoms with Crippen LogP contribution in [0.2, 0.25) is 0 Å². The molecule has 0 radical (unpaired) electrons. The van der Waals surface area contributed by atoms with E-state index in [0.29, 0.717) is 5.92 Å². The zero-order valence-corrected chi connectivity index (χ0v) is 8.27. The summed E-state index contributed by atoms with van der Waals surface area (Å²) >= 11 is 0. The van der Waals surface area contributed by atoms with Gasteiger partial charge in [0.2, 0.25) is 0 Å². The summed E-state index contributed by atoms with van der Waals surface area (Å²) in [5.41, 5.74) is 2.50. The second kappa shape index (κ2) is 4.09. The van der Waals surface area contributed by atoms with E-state index in [4.69, 9.17) is 0 Å². The van der Waals surface area contributed by atoms with Crippen molar-refractivity contribution in [2.75, 3.05) is 0 Å². The van der Waals surface area contributed by atoms with Crippen molar-refractivity contribution in [3.63, 3.8) is 0 Å². The highest BCUT2D eigenvalue weighted by molar-refractivity contribution is 5.20. The molecular weight excluding hydrogens is 172 g/mol. The number of rotatable bonds is 3. The SMILES string of the molecule is CC(Cc1c[nH]cn1)c1ccccc1. The standard InChI is InChI=1S/C12H14N2/c1-10(7-12-8-13-9-14-12)11-5-3-2-4-6-11/h2-6,8-10H,7H2,1H3,(H,13,14). The first kappa shape index (κ1) is 9.00. The second-order valence-corrected chi connectivity index (χ2v) is 3.58. The molecule has 0 fully saturated rings. The lowest BCUT2D eigenvalue weighted by Crippen LogP contribution is -1.98. The molecule has 0 aliphatic rings. The first-order valence-corrected chi connectivity index (χ1v) is 4.89. The molecule has 2 nitrogen and oxygen atoms in total. The van der Waals surface area contributed by atoms with Crippen molar-refractivity contribution in [3.8, 4) is 0 Å². The van der Waals surface area contributed by atoms with E-state index < -0.39 is 0 Å². The van der Waals surface area contributed by atoms with Gasteiger partial charge in [0.15, 0.2) is 0 Å². The molecule has 1 unspecified atom stereocenters. The summed E-state index contributed by atoms with van der Waals surface area (Å²) in [6.07, 6.45) is 4.68. The Labute approximate surface area is 84.0 Å². The lowest BCUT2D eigenvalue weighted by Gasteiger charge is -2.09. The normalized spacial score (nSPS) is 12.6. The van der Waals surface area contributed by atoms with Crippen LogP contribution in [0.5, 0.6) is 0 Å². The van der Waals surface area contributed by atoms with Crippen LogP contribution in [0.1, 0.15) is 24.1 Å². The molecule has 2 rings (SSSR count). The number of aromatic amines is 1. The lowest BCUT2D eigenvalue weighted by atomic mass is 9.97. The molecule has 1 aromatic heterocycles. The summed E-state index contributed by atoms with van der Waals surface area (Å²) in [4.78, 5) is 7.20. The molecule has 1 heterocycles. The van der Waals surface area contributed by atoms with Crippen molar-refractivity contribution < 1.29 is 0 Å². The van der Waals surface area contributed by atoms with Crippen LogP contribution in [0.15, 0.2) is 42.9 Å². The van der Waals surface area contributed by atoms with E-state index in [1.165, 1.54) is 5.56 Å². The molecule has 0 amide bonds. The van der Waals surface area contributed by atoms with Gasteiger partial charge in [-0.25, -0.2) is 4.98 Å². The number of aromatic nitrogens is 2. The molecule has 72 valence electrons. The second-order valence-electron chi connectivity index (χ2n) is 3.58. The number of hydrogen-bond donors (Lipinski definition) is 1. The average molecular weight is 186 g/mol. The number of benzene rings is 1. The fourth-order valence-electron chi connectivity index (χ4n) is 1.62. The van der Waals surface area contributed by atoms with Crippen molar-refractivity contribution in [3.05, 3.63) is 54.1 Å². The van der Waals surface area contributed by atoms with Crippen LogP contribution in [-0.4, -0.2) is 9.97 Å². The van der Waals surface area contributed by atoms with E-state index in [9.17, 15) is 0 Å². The van der Waals surface area contributed by atoms with Crippen LogP contribution in [0, 0.1) is 0 Å². The molecule has 0 saturated carbocycles. The third-order valence-electron chi connectivity index (χ3n) is 2.44. The minimum Gasteiger partial charge on any atom is -0.351 e. The zero-order chi connectivity index (χ0) is 9.80. The van der Waals surface area contributed by atoms with Crippen LogP contribution < -0.4 is 0 Å². The topological polar surface area (TPSA) is 28.7 Å². The van der Waals surface area contributed by atoms with Gasteiger partial charge in [-0.3, -0.25) is 0 Å². The predicted octanol–water partition coefficient (Wildman–Crippen LogP) is 2.76. The van der Waals surface area contributed by atoms with Gasteiger partial charge in [-0.05, 0) is 17.9 Å². The number of H-pyrrole nitrogens is 1. The number of imidazole rings is 1. The van der Waals surface area contributed by atoms with Gasteiger partial charge in [0.1, 0.15) is 0 Å². The summed E-state index contributed by atoms with van der Waals surface area (Å²) in [6.45, 7) is 2.23. The molecule has 2 aromatic rings. The summed E-state index contributed by atoms with van der Waals surface area (Å²) in [6, 6.07) is 10.5. The Balaban J connectivity index is 2.07. The van der Waals surface area contributed by atoms with Crippen molar-refractivity contribution in [2.24, 2.45) is 0 Å². The zero-order valence-electron chi connectivity index (χ0n) is 8.27. The van der Waals surface area contributed by atoms with Crippen LogP contribution in [0.4, 0.5) is 0 Å². The van der Waals surface area contributed by atoms with Crippen LogP contribution >= 0.6 is 0 Å². The maximum absolute atomic E-state index is 4.23. The predicted molar refractivity (Wildman–Crippen MR) is 57.1 cm³/mol. The third-order valence-corrected chi connectivity index (χ3v) is 2.44. The highest BCUT2D eigenvalue weighted by Crippen LogP contribution is 2.18. The fraction of sp³-hybridized carbons (Fsp3) is 0.250. The van der Waals surface area contributed by atoms with Gasteiger partial charge in [0, 0.05) is 6.20 Å². The Bertz CT molecular complexity index is 364. The van der Waals surface area contributed by atoms with Crippen molar-refractivity contribution in [1.82, 2.24) is 9.97 Å². The summed E-state index contributed by atoms with van der Waals surface area (Å²) in [5, 5.41) is 0. The molecule has 0 saturated heterocycles. The smallest absolute Gasteiger partial charge is 0.0923 e. The molecule has 0 spiro atoms. The van der Waals surface area contributed by atoms with Gasteiger partial charge in [0.25, 0.3) is 0 Å². The summed E-state index contributed by atoms with van der Waals surface area (Å²) in [5.74, 6) is 0.527. The molecule has 1 atom stereocenters. The van der Waals surface area contributed by atoms with Gasteiger partial charge in [-0.2, -0.15) is 0 Å². The summed E-state index contributed by atoms with van der Waals surface area (Å²) in [7, 11) is 0. The third kappa shape index (κ3) is 2.02. The quantitative estimate of drug-likeness (QED) is 0.784. The van der Waals surface area contributed by atoms with Gasteiger partial charge in [-0.15, -0.1) is 0 Å². The van der Waals surface area contributed by atoms with E-state index in [-0.39, 0.29) is 0 Å². The monoisotopic (exact) mass is 186 g/mol. The molecule has 2 heteroatoms. The van der Waals surface area contributed by atoms with E-state index in [1.54, 1.807) is 6.33 Å². The molecule has 14 heavy (non-hydrogen) atoms. The van der Waals surface area contributed by atoms with Gasteiger partial charge < -0.3 is 4.98 Å². The van der Waals surface area contributed by atoms with Crippen LogP contribution in [0.25, 0.3) is 0 Å². The van der Waals surface area contributed by atoms with Crippen molar-refractivity contribution in [2.45, 2.75) is 19.3 Å². The van der Waals surface area contributed by atoms with E-state index in [2.05, 4.69) is 41.2 Å². The van der Waals surface area contributed by atoms with Crippen molar-refractivity contribution in [1.29, 1.82) is 0 Å². The molecule has 1 N–H and O–H groups in total. The Morgan fingerprint density at radius 2 is 2.07 bits per heavy atom. The Morgan fingerprint density at radius 3 is 2.71 bits per heavy atom. The maximum atomic E-state index is 4.23.